The van der Waals surface area contributed by atoms with Crippen molar-refractivity contribution in [2.75, 3.05) is 10.1 Å². The van der Waals surface area contributed by atoms with Gasteiger partial charge in [0.15, 0.2) is 0 Å². The van der Waals surface area contributed by atoms with Crippen molar-refractivity contribution >= 4 is 32.2 Å². The highest BCUT2D eigenvalue weighted by Gasteiger charge is 2.19. The zero-order chi connectivity index (χ0) is 12.3. The summed E-state index contributed by atoms with van der Waals surface area (Å²) < 4.78 is 26.2. The van der Waals surface area contributed by atoms with E-state index < -0.39 is 10.0 Å². The molecule has 0 aliphatic heterocycles. The summed E-state index contributed by atoms with van der Waals surface area (Å²) >= 11 is 1.07. The molecule has 0 spiro atoms. The minimum absolute atomic E-state index is 0.0577. The van der Waals surface area contributed by atoms with E-state index in [1.165, 1.54) is 24.0 Å². The van der Waals surface area contributed by atoms with Gasteiger partial charge in [0.2, 0.25) is 5.13 Å². The number of nitrogens with two attached hydrogens (primary N) is 1. The Morgan fingerprint density at radius 1 is 1.41 bits per heavy atom. The number of nitrogens with zero attached hydrogens (tertiary/aromatic N) is 3. The van der Waals surface area contributed by atoms with Crippen molar-refractivity contribution in [1.29, 1.82) is 0 Å². The minimum atomic E-state index is -3.77. The van der Waals surface area contributed by atoms with Crippen LogP contribution in [0.5, 0.6) is 0 Å². The largest absolute Gasteiger partial charge is 0.323 e. The van der Waals surface area contributed by atoms with E-state index in [-0.39, 0.29) is 15.7 Å². The lowest BCUT2D eigenvalue weighted by Gasteiger charge is -2.08. The van der Waals surface area contributed by atoms with Gasteiger partial charge in [-0.1, -0.05) is 11.3 Å². The molecule has 0 aromatic carbocycles. The molecular formula is C7H8N6O2S2. The number of nitrogen functional groups attached to an aromatic ring is 1. The molecule has 0 unspecified atom stereocenters. The summed E-state index contributed by atoms with van der Waals surface area (Å²) in [5.74, 6) is 5.23. The van der Waals surface area contributed by atoms with Crippen LogP contribution >= 0.6 is 11.3 Å². The van der Waals surface area contributed by atoms with Crippen molar-refractivity contribution in [3.05, 3.63) is 24.0 Å². The standard InChI is InChI=1S/C7H8N6O2S2/c8-11-5-1-2-9-3-6(5)17(14,15)13-7-12-10-4-16-7/h1-4H,8H2,(H,9,11)(H,12,13). The highest BCUT2D eigenvalue weighted by atomic mass is 32.2. The van der Waals surface area contributed by atoms with Gasteiger partial charge in [0, 0.05) is 12.4 Å². The van der Waals surface area contributed by atoms with E-state index in [2.05, 4.69) is 25.3 Å². The predicted molar refractivity (Wildman–Crippen MR) is 62.8 cm³/mol. The van der Waals surface area contributed by atoms with E-state index in [9.17, 15) is 8.42 Å². The van der Waals surface area contributed by atoms with Crippen molar-refractivity contribution < 1.29 is 8.42 Å². The molecule has 17 heavy (non-hydrogen) atoms. The van der Waals surface area contributed by atoms with Crippen LogP contribution in [0.15, 0.2) is 28.9 Å². The van der Waals surface area contributed by atoms with Crippen LogP contribution in [0.2, 0.25) is 0 Å². The maximum atomic E-state index is 12.0. The van der Waals surface area contributed by atoms with Crippen molar-refractivity contribution in [3.63, 3.8) is 0 Å². The molecule has 0 radical (unpaired) electrons. The third-order valence-corrected chi connectivity index (χ3v) is 3.91. The van der Waals surface area contributed by atoms with Crippen LogP contribution in [-0.4, -0.2) is 23.6 Å². The molecule has 2 heterocycles. The van der Waals surface area contributed by atoms with Gasteiger partial charge >= 0.3 is 0 Å². The third-order valence-electron chi connectivity index (χ3n) is 1.81. The quantitative estimate of drug-likeness (QED) is 0.529. The zero-order valence-electron chi connectivity index (χ0n) is 8.36. The van der Waals surface area contributed by atoms with Gasteiger partial charge in [0.1, 0.15) is 10.4 Å². The number of rotatable bonds is 4. The first-order valence-corrected chi connectivity index (χ1v) is 6.69. The van der Waals surface area contributed by atoms with Crippen LogP contribution in [-0.2, 0) is 10.0 Å². The second kappa shape index (κ2) is 4.61. The lowest BCUT2D eigenvalue weighted by molar-refractivity contribution is 0.601. The van der Waals surface area contributed by atoms with Crippen LogP contribution in [0.4, 0.5) is 10.8 Å². The average molecular weight is 272 g/mol. The Bertz CT molecular complexity index is 597. The fourth-order valence-corrected chi connectivity index (χ4v) is 2.91. The van der Waals surface area contributed by atoms with E-state index in [0.717, 1.165) is 11.3 Å². The molecule has 8 nitrogen and oxygen atoms in total. The molecule has 0 aliphatic carbocycles. The van der Waals surface area contributed by atoms with Crippen molar-refractivity contribution in [2.45, 2.75) is 4.90 Å². The first-order chi connectivity index (χ1) is 8.13. The maximum Gasteiger partial charge on any atom is 0.267 e. The third kappa shape index (κ3) is 2.49. The minimum Gasteiger partial charge on any atom is -0.323 e. The van der Waals surface area contributed by atoms with Crippen molar-refractivity contribution in [3.8, 4) is 0 Å². The topological polar surface area (TPSA) is 123 Å². The predicted octanol–water partition coefficient (Wildman–Crippen LogP) is 0.0195. The zero-order valence-corrected chi connectivity index (χ0v) is 9.99. The van der Waals surface area contributed by atoms with Crippen LogP contribution in [0.3, 0.4) is 0 Å². The smallest absolute Gasteiger partial charge is 0.267 e. The first kappa shape index (κ1) is 11.7. The number of anilines is 2. The van der Waals surface area contributed by atoms with Gasteiger partial charge in [-0.15, -0.1) is 10.2 Å². The molecule has 4 N–H and O–H groups in total. The number of sulfonamides is 1. The summed E-state index contributed by atoms with van der Waals surface area (Å²) in [6.07, 6.45) is 2.62. The number of aromatic nitrogens is 3. The molecule has 10 heteroatoms. The molecule has 0 aliphatic rings. The number of hydrogen-bond donors (Lipinski definition) is 3. The van der Waals surface area contributed by atoms with Crippen molar-refractivity contribution in [2.24, 2.45) is 5.84 Å². The average Bonchev–Trinajstić information content (AvgIpc) is 2.81. The van der Waals surface area contributed by atoms with Gasteiger partial charge in [-0.25, -0.2) is 8.42 Å². The molecule has 2 aromatic heterocycles. The van der Waals surface area contributed by atoms with Crippen LogP contribution in [0.1, 0.15) is 0 Å². The molecule has 90 valence electrons. The summed E-state index contributed by atoms with van der Waals surface area (Å²) in [7, 11) is -3.77. The highest BCUT2D eigenvalue weighted by molar-refractivity contribution is 7.93. The Morgan fingerprint density at radius 3 is 2.88 bits per heavy atom. The summed E-state index contributed by atoms with van der Waals surface area (Å²) in [6.45, 7) is 0. The van der Waals surface area contributed by atoms with Crippen molar-refractivity contribution in [1.82, 2.24) is 15.2 Å². The Morgan fingerprint density at radius 2 is 2.24 bits per heavy atom. The summed E-state index contributed by atoms with van der Waals surface area (Å²) in [4.78, 5) is 3.68. The first-order valence-electron chi connectivity index (χ1n) is 4.33. The van der Waals surface area contributed by atoms with E-state index in [0.29, 0.717) is 0 Å². The second-order valence-corrected chi connectivity index (χ2v) is 5.35. The summed E-state index contributed by atoms with van der Waals surface area (Å²) in [6, 6.07) is 1.45. The molecule has 0 saturated carbocycles. The van der Waals surface area contributed by atoms with Gasteiger partial charge in [-0.3, -0.25) is 15.5 Å². The van der Waals surface area contributed by atoms with Gasteiger partial charge in [-0.2, -0.15) is 0 Å². The molecule has 0 amide bonds. The fraction of sp³-hybridized carbons (Fsp3) is 0. The lowest BCUT2D eigenvalue weighted by atomic mass is 10.4. The monoisotopic (exact) mass is 272 g/mol. The molecule has 2 rings (SSSR count). The van der Waals surface area contributed by atoms with E-state index >= 15 is 0 Å². The maximum absolute atomic E-state index is 12.0. The lowest BCUT2D eigenvalue weighted by Crippen LogP contribution is -2.17. The highest BCUT2D eigenvalue weighted by Crippen LogP contribution is 2.22. The molecule has 0 fully saturated rings. The Kier molecular flexibility index (Phi) is 3.17. The van der Waals surface area contributed by atoms with Gasteiger partial charge in [0.05, 0.1) is 5.69 Å². The van der Waals surface area contributed by atoms with Crippen LogP contribution < -0.4 is 16.0 Å². The normalized spacial score (nSPS) is 11.1. The van der Waals surface area contributed by atoms with Gasteiger partial charge in [0.25, 0.3) is 10.0 Å². The molecule has 0 atom stereocenters. The van der Waals surface area contributed by atoms with E-state index in [1.807, 2.05) is 0 Å². The van der Waals surface area contributed by atoms with E-state index in [1.54, 1.807) is 0 Å². The number of hydrazine groups is 1. The summed E-state index contributed by atoms with van der Waals surface area (Å²) in [5, 5.41) is 7.29. The Hall–Kier alpha value is -1.78. The van der Waals surface area contributed by atoms with Gasteiger partial charge in [-0.05, 0) is 6.07 Å². The van der Waals surface area contributed by atoms with E-state index in [4.69, 9.17) is 5.84 Å². The second-order valence-electron chi connectivity index (χ2n) is 2.87. The van der Waals surface area contributed by atoms with Crippen LogP contribution in [0, 0.1) is 0 Å². The molecule has 2 aromatic rings. The molecule has 0 bridgehead atoms. The van der Waals surface area contributed by atoms with Crippen LogP contribution in [0.25, 0.3) is 0 Å². The number of pyridine rings is 1. The summed E-state index contributed by atoms with van der Waals surface area (Å²) in [5.41, 5.74) is 3.96. The fourth-order valence-electron chi connectivity index (χ4n) is 1.10. The number of hydrogen-bond acceptors (Lipinski definition) is 8. The Balaban J connectivity index is 2.38. The van der Waals surface area contributed by atoms with Gasteiger partial charge < -0.3 is 5.43 Å². The molecule has 0 saturated heterocycles. The SMILES string of the molecule is NNc1ccncc1S(=O)(=O)Nc1nncs1. The molecular weight excluding hydrogens is 264 g/mol. The number of nitrogens with one attached hydrogen (secondary N) is 2. The Labute approximate surface area is 101 Å².